The fourth-order valence-electron chi connectivity index (χ4n) is 1.37. The van der Waals surface area contributed by atoms with Crippen LogP contribution >= 0.6 is 22.6 Å². The van der Waals surface area contributed by atoms with E-state index in [4.69, 9.17) is 5.11 Å². The Balaban J connectivity index is 3.74. The van der Waals surface area contributed by atoms with Crippen LogP contribution in [0, 0.1) is 5.92 Å². The zero-order valence-electron chi connectivity index (χ0n) is 8.42. The van der Waals surface area contributed by atoms with Crippen molar-refractivity contribution in [1.29, 1.82) is 0 Å². The van der Waals surface area contributed by atoms with E-state index in [-0.39, 0.29) is 5.92 Å². The average Bonchev–Trinajstić information content (AvgIpc) is 2.02. The van der Waals surface area contributed by atoms with Gasteiger partial charge in [-0.1, -0.05) is 55.7 Å². The number of carboxylic acid groups (broad SMARTS) is 1. The fourth-order valence-corrected chi connectivity index (χ4v) is 1.99. The van der Waals surface area contributed by atoms with E-state index in [9.17, 15) is 4.79 Å². The minimum atomic E-state index is -0.625. The van der Waals surface area contributed by atoms with Gasteiger partial charge in [-0.2, -0.15) is 0 Å². The lowest BCUT2D eigenvalue weighted by Gasteiger charge is -2.13. The van der Waals surface area contributed by atoms with Crippen LogP contribution in [-0.2, 0) is 4.79 Å². The molecule has 0 aliphatic heterocycles. The molecule has 0 fully saturated rings. The Kier molecular flexibility index (Phi) is 7.71. The average molecular weight is 298 g/mol. The first-order valence-electron chi connectivity index (χ1n) is 4.94. The van der Waals surface area contributed by atoms with E-state index in [0.717, 1.165) is 32.1 Å². The summed E-state index contributed by atoms with van der Waals surface area (Å²) < 4.78 is 0.459. The second-order valence-corrected chi connectivity index (χ2v) is 5.67. The largest absolute Gasteiger partial charge is 0.481 e. The maximum absolute atomic E-state index is 10.8. The smallest absolute Gasteiger partial charge is 0.306 e. The van der Waals surface area contributed by atoms with Crippen LogP contribution in [0.25, 0.3) is 0 Å². The Morgan fingerprint density at radius 2 is 2.08 bits per heavy atom. The van der Waals surface area contributed by atoms with Crippen molar-refractivity contribution in [2.24, 2.45) is 5.92 Å². The molecule has 0 spiro atoms. The van der Waals surface area contributed by atoms with Gasteiger partial charge in [0.05, 0.1) is 5.92 Å². The van der Waals surface area contributed by atoms with Crippen LogP contribution in [0.1, 0.15) is 46.0 Å². The molecule has 0 saturated carbocycles. The van der Waals surface area contributed by atoms with Gasteiger partial charge >= 0.3 is 5.97 Å². The summed E-state index contributed by atoms with van der Waals surface area (Å²) in [6.45, 7) is 4.20. The molecule has 0 aliphatic rings. The van der Waals surface area contributed by atoms with E-state index in [0.29, 0.717) is 3.92 Å². The zero-order valence-corrected chi connectivity index (χ0v) is 10.6. The lowest BCUT2D eigenvalue weighted by molar-refractivity contribution is -0.142. The number of aliphatic carboxylic acids is 1. The third kappa shape index (κ3) is 7.28. The molecule has 0 radical (unpaired) electrons. The molecular formula is C10H19IO2. The Bertz CT molecular complexity index is 146. The van der Waals surface area contributed by atoms with Crippen molar-refractivity contribution in [2.45, 2.75) is 49.9 Å². The SMILES string of the molecule is CCCCCC(CC(C)I)C(=O)O. The van der Waals surface area contributed by atoms with Gasteiger partial charge in [0.25, 0.3) is 0 Å². The maximum Gasteiger partial charge on any atom is 0.306 e. The molecule has 78 valence electrons. The van der Waals surface area contributed by atoms with Gasteiger partial charge in [-0.3, -0.25) is 4.79 Å². The van der Waals surface area contributed by atoms with Gasteiger partial charge in [0.2, 0.25) is 0 Å². The third-order valence-electron chi connectivity index (χ3n) is 2.11. The zero-order chi connectivity index (χ0) is 10.3. The molecule has 0 aromatic heterocycles. The molecule has 0 amide bonds. The number of hydrogen-bond donors (Lipinski definition) is 1. The second-order valence-electron chi connectivity index (χ2n) is 3.55. The highest BCUT2D eigenvalue weighted by Gasteiger charge is 2.18. The van der Waals surface area contributed by atoms with Gasteiger partial charge < -0.3 is 5.11 Å². The Hall–Kier alpha value is 0.200. The highest BCUT2D eigenvalue weighted by molar-refractivity contribution is 14.1. The van der Waals surface area contributed by atoms with Crippen LogP contribution < -0.4 is 0 Å². The van der Waals surface area contributed by atoms with Gasteiger partial charge in [0.15, 0.2) is 0 Å². The van der Waals surface area contributed by atoms with E-state index in [1.54, 1.807) is 0 Å². The molecule has 0 aromatic rings. The topological polar surface area (TPSA) is 37.3 Å². The lowest BCUT2D eigenvalue weighted by Crippen LogP contribution is -2.16. The summed E-state index contributed by atoms with van der Waals surface area (Å²) in [4.78, 5) is 10.8. The summed E-state index contributed by atoms with van der Waals surface area (Å²) in [6, 6.07) is 0. The van der Waals surface area contributed by atoms with Gasteiger partial charge in [0.1, 0.15) is 0 Å². The number of carbonyl (C=O) groups is 1. The Morgan fingerprint density at radius 1 is 1.46 bits per heavy atom. The fraction of sp³-hybridized carbons (Fsp3) is 0.900. The maximum atomic E-state index is 10.8. The first kappa shape index (κ1) is 13.2. The van der Waals surface area contributed by atoms with Gasteiger partial charge in [0, 0.05) is 3.92 Å². The van der Waals surface area contributed by atoms with Crippen LogP contribution in [0.2, 0.25) is 0 Å². The molecule has 2 nitrogen and oxygen atoms in total. The van der Waals surface area contributed by atoms with Crippen molar-refractivity contribution < 1.29 is 9.90 Å². The number of alkyl halides is 1. The van der Waals surface area contributed by atoms with Crippen molar-refractivity contribution in [1.82, 2.24) is 0 Å². The summed E-state index contributed by atoms with van der Waals surface area (Å²) in [7, 11) is 0. The molecular weight excluding hydrogens is 279 g/mol. The van der Waals surface area contributed by atoms with E-state index in [1.165, 1.54) is 0 Å². The van der Waals surface area contributed by atoms with Gasteiger partial charge in [-0.05, 0) is 12.8 Å². The second kappa shape index (κ2) is 7.59. The minimum Gasteiger partial charge on any atom is -0.481 e. The van der Waals surface area contributed by atoms with Crippen molar-refractivity contribution in [3.8, 4) is 0 Å². The molecule has 0 saturated heterocycles. The molecule has 0 heterocycles. The summed E-state index contributed by atoms with van der Waals surface area (Å²) in [5.74, 6) is -0.752. The Labute approximate surface area is 94.2 Å². The molecule has 2 atom stereocenters. The van der Waals surface area contributed by atoms with E-state index >= 15 is 0 Å². The molecule has 0 aromatic carbocycles. The van der Waals surface area contributed by atoms with E-state index in [1.807, 2.05) is 0 Å². The monoisotopic (exact) mass is 298 g/mol. The number of unbranched alkanes of at least 4 members (excludes halogenated alkanes) is 2. The molecule has 13 heavy (non-hydrogen) atoms. The van der Waals surface area contributed by atoms with Crippen LogP contribution in [0.5, 0.6) is 0 Å². The molecule has 1 N–H and O–H groups in total. The first-order chi connectivity index (χ1) is 6.07. The summed E-state index contributed by atoms with van der Waals surface area (Å²) in [6.07, 6.45) is 5.01. The normalized spacial score (nSPS) is 15.3. The summed E-state index contributed by atoms with van der Waals surface area (Å²) >= 11 is 2.29. The van der Waals surface area contributed by atoms with Crippen molar-refractivity contribution in [2.75, 3.05) is 0 Å². The summed E-state index contributed by atoms with van der Waals surface area (Å²) in [5.41, 5.74) is 0. The minimum absolute atomic E-state index is 0.126. The van der Waals surface area contributed by atoms with Crippen molar-refractivity contribution in [3.05, 3.63) is 0 Å². The Morgan fingerprint density at radius 3 is 2.46 bits per heavy atom. The van der Waals surface area contributed by atoms with E-state index < -0.39 is 5.97 Å². The third-order valence-corrected chi connectivity index (χ3v) is 2.62. The quantitative estimate of drug-likeness (QED) is 0.444. The standard InChI is InChI=1S/C10H19IO2/c1-3-4-5-6-9(10(12)13)7-8(2)11/h8-9H,3-7H2,1-2H3,(H,12,13). The predicted molar refractivity (Wildman–Crippen MR) is 63.4 cm³/mol. The number of hydrogen-bond acceptors (Lipinski definition) is 1. The van der Waals surface area contributed by atoms with E-state index in [2.05, 4.69) is 36.4 Å². The van der Waals surface area contributed by atoms with Crippen LogP contribution in [0.3, 0.4) is 0 Å². The molecule has 0 rings (SSSR count). The highest BCUT2D eigenvalue weighted by atomic mass is 127. The van der Waals surface area contributed by atoms with Gasteiger partial charge in [-0.15, -0.1) is 0 Å². The number of halogens is 1. The van der Waals surface area contributed by atoms with Crippen molar-refractivity contribution in [3.63, 3.8) is 0 Å². The first-order valence-corrected chi connectivity index (χ1v) is 6.19. The lowest BCUT2D eigenvalue weighted by atomic mass is 9.97. The van der Waals surface area contributed by atoms with Crippen LogP contribution in [0.15, 0.2) is 0 Å². The number of rotatable bonds is 7. The van der Waals surface area contributed by atoms with Crippen LogP contribution in [-0.4, -0.2) is 15.0 Å². The predicted octanol–water partition coefficient (Wildman–Crippen LogP) is 3.48. The summed E-state index contributed by atoms with van der Waals surface area (Å²) in [5, 5.41) is 8.92. The van der Waals surface area contributed by atoms with Crippen molar-refractivity contribution >= 4 is 28.6 Å². The molecule has 0 bridgehead atoms. The van der Waals surface area contributed by atoms with Crippen LogP contribution in [0.4, 0.5) is 0 Å². The number of carboxylic acids is 1. The molecule has 0 aliphatic carbocycles. The molecule has 3 heteroatoms. The molecule has 2 unspecified atom stereocenters. The highest BCUT2D eigenvalue weighted by Crippen LogP contribution is 2.19. The van der Waals surface area contributed by atoms with Gasteiger partial charge in [-0.25, -0.2) is 0 Å².